The monoisotopic (exact) mass is 352 g/mol. The van der Waals surface area contributed by atoms with E-state index in [-0.39, 0.29) is 17.1 Å². The highest BCUT2D eigenvalue weighted by atomic mass is 32.1. The van der Waals surface area contributed by atoms with E-state index in [4.69, 9.17) is 0 Å². The number of carbonyl (C=O) groups excluding carboxylic acids is 1. The number of hydrazine groups is 1. The van der Waals surface area contributed by atoms with Crippen molar-refractivity contribution in [3.05, 3.63) is 54.4 Å². The number of phenols is 2. The molecule has 0 bridgehead atoms. The number of hydrogen-bond donors (Lipinski definition) is 4. The van der Waals surface area contributed by atoms with E-state index >= 15 is 0 Å². The molecule has 1 amide bonds. The summed E-state index contributed by atoms with van der Waals surface area (Å²) in [7, 11) is 0. The Balaban J connectivity index is 1.67. The highest BCUT2D eigenvalue weighted by molar-refractivity contribution is 7.25. The first-order chi connectivity index (χ1) is 12.1. The number of hydrogen-bond acceptors (Lipinski definition) is 7. The number of amides is 1. The second kappa shape index (κ2) is 5.91. The number of rotatable bonds is 3. The molecule has 0 atom stereocenters. The van der Waals surface area contributed by atoms with Gasteiger partial charge in [-0.25, -0.2) is 9.97 Å². The van der Waals surface area contributed by atoms with Gasteiger partial charge in [-0.2, -0.15) is 0 Å². The number of aromatic hydroxyl groups is 2. The fourth-order valence-electron chi connectivity index (χ4n) is 2.54. The summed E-state index contributed by atoms with van der Waals surface area (Å²) in [5, 5.41) is 21.0. The summed E-state index contributed by atoms with van der Waals surface area (Å²) in [5.41, 5.74) is 5.21. The zero-order valence-corrected chi connectivity index (χ0v) is 13.5. The number of fused-ring (bicyclic) bond motifs is 3. The Kier molecular flexibility index (Phi) is 3.58. The molecule has 8 heteroatoms. The first-order valence-electron chi connectivity index (χ1n) is 7.34. The summed E-state index contributed by atoms with van der Waals surface area (Å²) in [6.07, 6.45) is 1.41. The second-order valence-corrected chi connectivity index (χ2v) is 6.31. The minimum absolute atomic E-state index is 0.0482. The molecule has 0 fully saturated rings. The highest BCUT2D eigenvalue weighted by Gasteiger charge is 2.14. The maximum atomic E-state index is 12.2. The van der Waals surface area contributed by atoms with E-state index in [1.165, 1.54) is 35.9 Å². The van der Waals surface area contributed by atoms with Gasteiger partial charge in [-0.15, -0.1) is 11.3 Å². The molecular formula is C17H12N4O3S. The molecule has 0 saturated carbocycles. The van der Waals surface area contributed by atoms with Crippen molar-refractivity contribution in [2.45, 2.75) is 0 Å². The van der Waals surface area contributed by atoms with E-state index < -0.39 is 5.91 Å². The first-order valence-corrected chi connectivity index (χ1v) is 8.16. The standard InChI is InChI=1S/C17H12N4O3S/c22-9-5-6-12(23)11(7-9)16(24)21-20-15-14-10-3-1-2-4-13(10)25-17(14)19-8-18-15/h1-8,22-23H,(H,21,24)(H,18,19,20). The Morgan fingerprint density at radius 2 is 1.92 bits per heavy atom. The SMILES string of the molecule is O=C(NNc1ncnc2sc3ccccc3c12)c1cc(O)ccc1O. The van der Waals surface area contributed by atoms with Crippen LogP contribution in [0, 0.1) is 0 Å². The minimum atomic E-state index is -0.598. The van der Waals surface area contributed by atoms with Crippen LogP contribution < -0.4 is 10.9 Å². The summed E-state index contributed by atoms with van der Waals surface area (Å²) in [6, 6.07) is 11.6. The molecule has 124 valence electrons. The van der Waals surface area contributed by atoms with Crippen molar-refractivity contribution in [3.63, 3.8) is 0 Å². The van der Waals surface area contributed by atoms with Crippen LogP contribution in [-0.2, 0) is 0 Å². The molecule has 0 aliphatic rings. The Hall–Kier alpha value is -3.39. The van der Waals surface area contributed by atoms with Crippen LogP contribution in [0.25, 0.3) is 20.3 Å². The molecule has 7 nitrogen and oxygen atoms in total. The number of phenolic OH excluding ortho intramolecular Hbond substituents is 2. The molecule has 0 radical (unpaired) electrons. The zero-order chi connectivity index (χ0) is 17.4. The largest absolute Gasteiger partial charge is 0.508 e. The topological polar surface area (TPSA) is 107 Å². The van der Waals surface area contributed by atoms with Gasteiger partial charge in [0, 0.05) is 10.1 Å². The maximum Gasteiger partial charge on any atom is 0.273 e. The van der Waals surface area contributed by atoms with Crippen molar-refractivity contribution in [1.29, 1.82) is 0 Å². The average Bonchev–Trinajstić information content (AvgIpc) is 3.01. The minimum Gasteiger partial charge on any atom is -0.508 e. The average molecular weight is 352 g/mol. The van der Waals surface area contributed by atoms with Gasteiger partial charge in [0.1, 0.15) is 22.7 Å². The van der Waals surface area contributed by atoms with Crippen LogP contribution in [0.3, 0.4) is 0 Å². The van der Waals surface area contributed by atoms with E-state index in [2.05, 4.69) is 20.8 Å². The highest BCUT2D eigenvalue weighted by Crippen LogP contribution is 2.35. The summed E-state index contributed by atoms with van der Waals surface area (Å²) >= 11 is 1.53. The molecule has 4 rings (SSSR count). The molecule has 2 aromatic heterocycles. The third kappa shape index (κ3) is 2.68. The number of aromatic nitrogens is 2. The van der Waals surface area contributed by atoms with Gasteiger partial charge in [-0.1, -0.05) is 18.2 Å². The lowest BCUT2D eigenvalue weighted by Gasteiger charge is -2.10. The first kappa shape index (κ1) is 15.2. The molecule has 0 spiro atoms. The lowest BCUT2D eigenvalue weighted by atomic mass is 10.2. The molecular weight excluding hydrogens is 340 g/mol. The van der Waals surface area contributed by atoms with Crippen molar-refractivity contribution in [3.8, 4) is 11.5 Å². The molecule has 2 heterocycles. The molecule has 4 aromatic rings. The van der Waals surface area contributed by atoms with Gasteiger partial charge < -0.3 is 10.2 Å². The molecule has 0 aliphatic carbocycles. The van der Waals surface area contributed by atoms with Crippen LogP contribution in [0.4, 0.5) is 5.82 Å². The van der Waals surface area contributed by atoms with Crippen molar-refractivity contribution in [2.24, 2.45) is 0 Å². The van der Waals surface area contributed by atoms with Crippen LogP contribution in [-0.4, -0.2) is 26.1 Å². The van der Waals surface area contributed by atoms with Crippen LogP contribution >= 0.6 is 11.3 Å². The third-order valence-electron chi connectivity index (χ3n) is 3.69. The van der Waals surface area contributed by atoms with E-state index in [0.29, 0.717) is 5.82 Å². The predicted octanol–water partition coefficient (Wildman–Crippen LogP) is 3.01. The molecule has 4 N–H and O–H groups in total. The Bertz CT molecular complexity index is 1110. The molecule has 2 aromatic carbocycles. The normalized spacial score (nSPS) is 10.9. The summed E-state index contributed by atoms with van der Waals surface area (Å²) < 4.78 is 1.07. The van der Waals surface area contributed by atoms with Crippen molar-refractivity contribution >= 4 is 43.4 Å². The van der Waals surface area contributed by atoms with E-state index in [1.54, 1.807) is 0 Å². The van der Waals surface area contributed by atoms with Gasteiger partial charge in [-0.3, -0.25) is 15.6 Å². The van der Waals surface area contributed by atoms with Crippen LogP contribution in [0.5, 0.6) is 11.5 Å². The van der Waals surface area contributed by atoms with Crippen molar-refractivity contribution in [1.82, 2.24) is 15.4 Å². The third-order valence-corrected chi connectivity index (χ3v) is 4.77. The van der Waals surface area contributed by atoms with Crippen LogP contribution in [0.15, 0.2) is 48.8 Å². The molecule has 0 unspecified atom stereocenters. The number of thiophene rings is 1. The van der Waals surface area contributed by atoms with Gasteiger partial charge in [-0.05, 0) is 24.3 Å². The van der Waals surface area contributed by atoms with Gasteiger partial charge in [0.15, 0.2) is 5.82 Å². The smallest absolute Gasteiger partial charge is 0.273 e. The number of carbonyl (C=O) groups is 1. The summed E-state index contributed by atoms with van der Waals surface area (Å²) in [5.74, 6) is -0.489. The molecule has 0 saturated heterocycles. The fourth-order valence-corrected chi connectivity index (χ4v) is 3.58. The quantitative estimate of drug-likeness (QED) is 0.333. The molecule has 0 aliphatic heterocycles. The predicted molar refractivity (Wildman–Crippen MR) is 95.8 cm³/mol. The van der Waals surface area contributed by atoms with E-state index in [9.17, 15) is 15.0 Å². The summed E-state index contributed by atoms with van der Waals surface area (Å²) in [6.45, 7) is 0. The van der Waals surface area contributed by atoms with Crippen molar-refractivity contribution in [2.75, 3.05) is 5.43 Å². The van der Waals surface area contributed by atoms with Gasteiger partial charge in [0.05, 0.1) is 10.9 Å². The van der Waals surface area contributed by atoms with E-state index in [1.807, 2.05) is 24.3 Å². The van der Waals surface area contributed by atoms with Crippen molar-refractivity contribution < 1.29 is 15.0 Å². The maximum absolute atomic E-state index is 12.2. The Morgan fingerprint density at radius 3 is 2.80 bits per heavy atom. The Morgan fingerprint density at radius 1 is 1.08 bits per heavy atom. The van der Waals surface area contributed by atoms with Gasteiger partial charge >= 0.3 is 0 Å². The van der Waals surface area contributed by atoms with E-state index in [0.717, 1.165) is 20.3 Å². The van der Waals surface area contributed by atoms with Gasteiger partial charge in [0.2, 0.25) is 0 Å². The zero-order valence-electron chi connectivity index (χ0n) is 12.7. The lowest BCUT2D eigenvalue weighted by molar-refractivity contribution is 0.0959. The summed E-state index contributed by atoms with van der Waals surface area (Å²) in [4.78, 5) is 21.5. The number of nitrogens with one attached hydrogen (secondary N) is 2. The van der Waals surface area contributed by atoms with Crippen LogP contribution in [0.1, 0.15) is 10.4 Å². The fraction of sp³-hybridized carbons (Fsp3) is 0. The number of nitrogens with zero attached hydrogens (tertiary/aromatic N) is 2. The second-order valence-electron chi connectivity index (χ2n) is 5.28. The number of anilines is 1. The van der Waals surface area contributed by atoms with Crippen LogP contribution in [0.2, 0.25) is 0 Å². The number of benzene rings is 2. The van der Waals surface area contributed by atoms with Gasteiger partial charge in [0.25, 0.3) is 5.91 Å². The molecule has 25 heavy (non-hydrogen) atoms. The lowest BCUT2D eigenvalue weighted by Crippen LogP contribution is -2.30. The Labute approximate surface area is 145 Å².